The number of amides is 1. The second-order valence-corrected chi connectivity index (χ2v) is 3.78. The standard InChI is InChI=1S/C12H13FN2O/c1-2-3-10-12(16)15-11(14-10)8-4-6-9(13)7-5-8/h4-7,10H,2-3H2,1H3,(H,14,15,16). The van der Waals surface area contributed by atoms with Crippen molar-refractivity contribution >= 4 is 11.7 Å². The molecule has 1 aromatic rings. The topological polar surface area (TPSA) is 41.5 Å². The van der Waals surface area contributed by atoms with Crippen molar-refractivity contribution in [3.63, 3.8) is 0 Å². The van der Waals surface area contributed by atoms with E-state index < -0.39 is 0 Å². The van der Waals surface area contributed by atoms with Gasteiger partial charge in [0.05, 0.1) is 0 Å². The molecule has 1 aliphatic heterocycles. The molecular formula is C12H13FN2O. The molecule has 0 fully saturated rings. The van der Waals surface area contributed by atoms with E-state index in [1.54, 1.807) is 12.1 Å². The quantitative estimate of drug-likeness (QED) is 0.830. The molecule has 0 radical (unpaired) electrons. The molecule has 0 spiro atoms. The zero-order valence-corrected chi connectivity index (χ0v) is 9.03. The summed E-state index contributed by atoms with van der Waals surface area (Å²) in [5.74, 6) is 0.184. The molecule has 0 saturated heterocycles. The first kappa shape index (κ1) is 10.8. The van der Waals surface area contributed by atoms with Crippen molar-refractivity contribution < 1.29 is 9.18 Å². The Kier molecular flexibility index (Phi) is 2.99. The van der Waals surface area contributed by atoms with Crippen molar-refractivity contribution in [2.45, 2.75) is 25.8 Å². The fourth-order valence-corrected chi connectivity index (χ4v) is 1.67. The van der Waals surface area contributed by atoms with Gasteiger partial charge in [-0.25, -0.2) is 4.39 Å². The van der Waals surface area contributed by atoms with E-state index in [9.17, 15) is 9.18 Å². The van der Waals surface area contributed by atoms with E-state index >= 15 is 0 Å². The number of nitrogens with zero attached hydrogens (tertiary/aromatic N) is 1. The van der Waals surface area contributed by atoms with Crippen molar-refractivity contribution in [2.24, 2.45) is 4.99 Å². The van der Waals surface area contributed by atoms with Gasteiger partial charge in [-0.3, -0.25) is 9.79 Å². The van der Waals surface area contributed by atoms with Crippen LogP contribution in [0.25, 0.3) is 0 Å². The number of amidine groups is 1. The van der Waals surface area contributed by atoms with Crippen LogP contribution >= 0.6 is 0 Å². The fraction of sp³-hybridized carbons (Fsp3) is 0.333. The van der Waals surface area contributed by atoms with Crippen LogP contribution in [0.3, 0.4) is 0 Å². The number of benzene rings is 1. The highest BCUT2D eigenvalue weighted by molar-refractivity contribution is 6.13. The Labute approximate surface area is 93.4 Å². The van der Waals surface area contributed by atoms with Gasteiger partial charge in [-0.15, -0.1) is 0 Å². The summed E-state index contributed by atoms with van der Waals surface area (Å²) in [6, 6.07) is 5.66. The average Bonchev–Trinajstić information content (AvgIpc) is 2.62. The van der Waals surface area contributed by atoms with Crippen molar-refractivity contribution in [2.75, 3.05) is 0 Å². The smallest absolute Gasteiger partial charge is 0.250 e. The van der Waals surface area contributed by atoms with Gasteiger partial charge in [0.1, 0.15) is 17.7 Å². The number of aliphatic imine (C=N–C) groups is 1. The van der Waals surface area contributed by atoms with Crippen LogP contribution in [-0.4, -0.2) is 17.8 Å². The molecule has 0 saturated carbocycles. The molecule has 3 nitrogen and oxygen atoms in total. The lowest BCUT2D eigenvalue weighted by atomic mass is 10.2. The number of rotatable bonds is 3. The van der Waals surface area contributed by atoms with E-state index in [0.717, 1.165) is 18.4 Å². The largest absolute Gasteiger partial charge is 0.309 e. The molecule has 0 aromatic heterocycles. The van der Waals surface area contributed by atoms with Gasteiger partial charge >= 0.3 is 0 Å². The van der Waals surface area contributed by atoms with Crippen molar-refractivity contribution in [3.05, 3.63) is 35.6 Å². The molecule has 1 N–H and O–H groups in total. The SMILES string of the molecule is CCCC1N=C(c2ccc(F)cc2)NC1=O. The Bertz CT molecular complexity index is 425. The minimum Gasteiger partial charge on any atom is -0.309 e. The van der Waals surface area contributed by atoms with E-state index in [-0.39, 0.29) is 17.8 Å². The summed E-state index contributed by atoms with van der Waals surface area (Å²) >= 11 is 0. The number of hydrogen-bond donors (Lipinski definition) is 1. The van der Waals surface area contributed by atoms with Crippen molar-refractivity contribution in [1.82, 2.24) is 5.32 Å². The molecule has 1 heterocycles. The predicted octanol–water partition coefficient (Wildman–Crippen LogP) is 1.87. The third-order valence-corrected chi connectivity index (χ3v) is 2.51. The molecule has 0 aliphatic carbocycles. The summed E-state index contributed by atoms with van der Waals surface area (Å²) < 4.78 is 12.7. The van der Waals surface area contributed by atoms with E-state index in [2.05, 4.69) is 10.3 Å². The molecule has 84 valence electrons. The van der Waals surface area contributed by atoms with Crippen LogP contribution in [0.2, 0.25) is 0 Å². The molecule has 4 heteroatoms. The Hall–Kier alpha value is -1.71. The first-order valence-electron chi connectivity index (χ1n) is 5.35. The van der Waals surface area contributed by atoms with Gasteiger partial charge in [-0.2, -0.15) is 0 Å². The van der Waals surface area contributed by atoms with E-state index in [0.29, 0.717) is 5.84 Å². The Morgan fingerprint density at radius 3 is 2.69 bits per heavy atom. The zero-order chi connectivity index (χ0) is 11.5. The van der Waals surface area contributed by atoms with Crippen molar-refractivity contribution in [3.8, 4) is 0 Å². The van der Waals surface area contributed by atoms with Crippen LogP contribution in [-0.2, 0) is 4.79 Å². The van der Waals surface area contributed by atoms with Gasteiger partial charge < -0.3 is 5.32 Å². The highest BCUT2D eigenvalue weighted by Gasteiger charge is 2.25. The van der Waals surface area contributed by atoms with Crippen LogP contribution in [0.4, 0.5) is 4.39 Å². The third-order valence-electron chi connectivity index (χ3n) is 2.51. The van der Waals surface area contributed by atoms with Gasteiger partial charge in [-0.1, -0.05) is 13.3 Å². The predicted molar refractivity (Wildman–Crippen MR) is 59.8 cm³/mol. The van der Waals surface area contributed by atoms with E-state index in [1.807, 2.05) is 6.92 Å². The molecule has 1 aromatic carbocycles. The number of nitrogens with one attached hydrogen (secondary N) is 1. The van der Waals surface area contributed by atoms with Gasteiger partial charge in [0.15, 0.2) is 0 Å². The average molecular weight is 220 g/mol. The minimum absolute atomic E-state index is 0.0684. The highest BCUT2D eigenvalue weighted by atomic mass is 19.1. The Morgan fingerprint density at radius 2 is 2.06 bits per heavy atom. The number of hydrogen-bond acceptors (Lipinski definition) is 2. The van der Waals surface area contributed by atoms with Crippen LogP contribution in [0.15, 0.2) is 29.3 Å². The van der Waals surface area contributed by atoms with Crippen molar-refractivity contribution in [1.29, 1.82) is 0 Å². The maximum Gasteiger partial charge on any atom is 0.250 e. The number of halogens is 1. The molecule has 0 bridgehead atoms. The molecule has 1 amide bonds. The summed E-state index contributed by atoms with van der Waals surface area (Å²) in [5, 5.41) is 2.71. The molecule has 2 rings (SSSR count). The first-order valence-corrected chi connectivity index (χ1v) is 5.35. The monoisotopic (exact) mass is 220 g/mol. The lowest BCUT2D eigenvalue weighted by Gasteiger charge is -2.00. The maximum absolute atomic E-state index is 12.7. The van der Waals surface area contributed by atoms with E-state index in [1.165, 1.54) is 12.1 Å². The van der Waals surface area contributed by atoms with Gasteiger partial charge in [0.25, 0.3) is 0 Å². The third kappa shape index (κ3) is 2.10. The zero-order valence-electron chi connectivity index (χ0n) is 9.03. The van der Waals surface area contributed by atoms with E-state index in [4.69, 9.17) is 0 Å². The highest BCUT2D eigenvalue weighted by Crippen LogP contribution is 2.12. The summed E-state index contributed by atoms with van der Waals surface area (Å²) in [6.45, 7) is 2.01. The second kappa shape index (κ2) is 4.43. The first-order chi connectivity index (χ1) is 7.70. The maximum atomic E-state index is 12.7. The van der Waals surface area contributed by atoms with Gasteiger partial charge in [0.2, 0.25) is 5.91 Å². The fourth-order valence-electron chi connectivity index (χ4n) is 1.67. The Morgan fingerprint density at radius 1 is 1.38 bits per heavy atom. The summed E-state index contributed by atoms with van der Waals surface area (Å²) in [4.78, 5) is 15.8. The number of carbonyl (C=O) groups excluding carboxylic acids is 1. The molecule has 16 heavy (non-hydrogen) atoms. The Balaban J connectivity index is 2.20. The lowest BCUT2D eigenvalue weighted by Crippen LogP contribution is -2.29. The summed E-state index contributed by atoms with van der Waals surface area (Å²) in [6.07, 6.45) is 1.66. The van der Waals surface area contributed by atoms with Crippen LogP contribution in [0, 0.1) is 5.82 Å². The minimum atomic E-state index is -0.293. The summed E-state index contributed by atoms with van der Waals surface area (Å²) in [7, 11) is 0. The normalized spacial score (nSPS) is 19.5. The molecule has 1 unspecified atom stereocenters. The second-order valence-electron chi connectivity index (χ2n) is 3.78. The van der Waals surface area contributed by atoms with Gasteiger partial charge in [-0.05, 0) is 30.7 Å². The lowest BCUT2D eigenvalue weighted by molar-refractivity contribution is -0.120. The van der Waals surface area contributed by atoms with Crippen LogP contribution in [0.5, 0.6) is 0 Å². The van der Waals surface area contributed by atoms with Crippen LogP contribution < -0.4 is 5.32 Å². The molecule has 1 aliphatic rings. The summed E-state index contributed by atoms with van der Waals surface area (Å²) in [5.41, 5.74) is 0.744. The number of carbonyl (C=O) groups is 1. The van der Waals surface area contributed by atoms with Gasteiger partial charge in [0, 0.05) is 5.56 Å². The van der Waals surface area contributed by atoms with Crippen LogP contribution in [0.1, 0.15) is 25.3 Å². The molecule has 1 atom stereocenters. The molecular weight excluding hydrogens is 207 g/mol.